The lowest BCUT2D eigenvalue weighted by molar-refractivity contribution is -0.298. The molecule has 2 unspecified atom stereocenters. The summed E-state index contributed by atoms with van der Waals surface area (Å²) in [6.45, 7) is 3.21. The summed E-state index contributed by atoms with van der Waals surface area (Å²) in [7, 11) is 0. The molecule has 1 aromatic rings. The Morgan fingerprint density at radius 2 is 2.06 bits per heavy atom. The molecule has 0 aliphatic carbocycles. The van der Waals surface area contributed by atoms with Gasteiger partial charge >= 0.3 is 0 Å². The molecule has 2 atom stereocenters. The lowest BCUT2D eigenvalue weighted by atomic mass is 9.91. The van der Waals surface area contributed by atoms with E-state index in [9.17, 15) is 4.79 Å². The summed E-state index contributed by atoms with van der Waals surface area (Å²) in [5.41, 5.74) is 0.906. The van der Waals surface area contributed by atoms with Gasteiger partial charge in [-0.25, -0.2) is 9.78 Å². The number of ketones is 1. The van der Waals surface area contributed by atoms with Gasteiger partial charge in [-0.2, -0.15) is 0 Å². The van der Waals surface area contributed by atoms with Crippen molar-refractivity contribution in [3.63, 3.8) is 0 Å². The van der Waals surface area contributed by atoms with Gasteiger partial charge in [-0.05, 0) is 18.9 Å². The zero-order chi connectivity index (χ0) is 12.8. The van der Waals surface area contributed by atoms with Gasteiger partial charge in [0.25, 0.3) is 0 Å². The second-order valence-corrected chi connectivity index (χ2v) is 4.24. The summed E-state index contributed by atoms with van der Waals surface area (Å²) in [4.78, 5) is 22.1. The summed E-state index contributed by atoms with van der Waals surface area (Å²) in [5.74, 6) is -0.0670. The molecule has 0 saturated carbocycles. The first-order chi connectivity index (χ1) is 8.83. The van der Waals surface area contributed by atoms with E-state index in [-0.39, 0.29) is 11.7 Å². The number of ether oxygens (including phenoxy) is 1. The Morgan fingerprint density at radius 1 is 1.28 bits per heavy atom. The van der Waals surface area contributed by atoms with E-state index in [1.807, 2.05) is 37.3 Å². The van der Waals surface area contributed by atoms with Crippen LogP contribution in [0.2, 0.25) is 0 Å². The topological polar surface area (TPSA) is 44.8 Å². The van der Waals surface area contributed by atoms with Gasteiger partial charge in [-0.15, -0.1) is 0 Å². The van der Waals surface area contributed by atoms with Crippen molar-refractivity contribution in [1.29, 1.82) is 0 Å². The highest BCUT2D eigenvalue weighted by Gasteiger charge is 2.33. The van der Waals surface area contributed by atoms with Crippen LogP contribution in [0.15, 0.2) is 30.3 Å². The van der Waals surface area contributed by atoms with Gasteiger partial charge < -0.3 is 4.74 Å². The van der Waals surface area contributed by atoms with E-state index < -0.39 is 6.10 Å². The molecule has 0 N–H and O–H groups in total. The van der Waals surface area contributed by atoms with E-state index in [1.54, 1.807) is 0 Å². The van der Waals surface area contributed by atoms with Crippen LogP contribution in [0.4, 0.5) is 0 Å². The standard InChI is InChI=1S/C14H18O4/c1-2-17-18-10-12-8-9-16-14(13(12)15)11-6-4-3-5-7-11/h3-7,12,14H,2,8-10H2,1H3. The molecule has 1 aliphatic rings. The van der Waals surface area contributed by atoms with Crippen molar-refractivity contribution in [2.75, 3.05) is 19.8 Å². The Morgan fingerprint density at radius 3 is 2.78 bits per heavy atom. The average Bonchev–Trinajstić information content (AvgIpc) is 2.42. The lowest BCUT2D eigenvalue weighted by Gasteiger charge is -2.27. The van der Waals surface area contributed by atoms with Gasteiger partial charge in [0.15, 0.2) is 5.78 Å². The molecule has 0 radical (unpaired) electrons. The number of hydrogen-bond acceptors (Lipinski definition) is 4. The zero-order valence-electron chi connectivity index (χ0n) is 10.5. The quantitative estimate of drug-likeness (QED) is 0.457. The van der Waals surface area contributed by atoms with E-state index >= 15 is 0 Å². The molecule has 2 rings (SSSR count). The van der Waals surface area contributed by atoms with E-state index in [0.717, 1.165) is 5.56 Å². The third-order valence-electron chi connectivity index (χ3n) is 2.98. The number of hydrogen-bond donors (Lipinski definition) is 0. The minimum absolute atomic E-state index is 0.0761. The maximum Gasteiger partial charge on any atom is 0.171 e. The van der Waals surface area contributed by atoms with Crippen molar-refractivity contribution in [2.45, 2.75) is 19.4 Å². The van der Waals surface area contributed by atoms with Gasteiger partial charge in [-0.1, -0.05) is 30.3 Å². The molecule has 4 heteroatoms. The highest BCUT2D eigenvalue weighted by molar-refractivity contribution is 5.87. The molecule has 4 nitrogen and oxygen atoms in total. The largest absolute Gasteiger partial charge is 0.366 e. The van der Waals surface area contributed by atoms with Crippen molar-refractivity contribution in [3.05, 3.63) is 35.9 Å². The number of rotatable bonds is 5. The Kier molecular flexibility index (Phi) is 4.87. The molecule has 1 aromatic carbocycles. The maximum atomic E-state index is 12.3. The van der Waals surface area contributed by atoms with Crippen LogP contribution in [-0.4, -0.2) is 25.6 Å². The molecule has 18 heavy (non-hydrogen) atoms. The fourth-order valence-electron chi connectivity index (χ4n) is 2.03. The van der Waals surface area contributed by atoms with Crippen LogP contribution in [0, 0.1) is 5.92 Å². The van der Waals surface area contributed by atoms with Crippen LogP contribution >= 0.6 is 0 Å². The smallest absolute Gasteiger partial charge is 0.171 e. The monoisotopic (exact) mass is 250 g/mol. The molecular formula is C14H18O4. The highest BCUT2D eigenvalue weighted by atomic mass is 17.2. The SMILES string of the molecule is CCOOCC1CCOC(c2ccccc2)C1=O. The summed E-state index contributed by atoms with van der Waals surface area (Å²) >= 11 is 0. The number of benzene rings is 1. The van der Waals surface area contributed by atoms with Crippen LogP contribution in [0.3, 0.4) is 0 Å². The van der Waals surface area contributed by atoms with Crippen molar-refractivity contribution < 1.29 is 19.3 Å². The molecule has 0 amide bonds. The molecule has 0 spiro atoms. The van der Waals surface area contributed by atoms with Crippen molar-refractivity contribution in [3.8, 4) is 0 Å². The number of carbonyl (C=O) groups is 1. The Balaban J connectivity index is 1.98. The first-order valence-corrected chi connectivity index (χ1v) is 6.27. The van der Waals surface area contributed by atoms with Crippen molar-refractivity contribution >= 4 is 5.78 Å². The van der Waals surface area contributed by atoms with Gasteiger partial charge in [0, 0.05) is 12.5 Å². The van der Waals surface area contributed by atoms with Gasteiger partial charge in [-0.3, -0.25) is 4.79 Å². The van der Waals surface area contributed by atoms with Gasteiger partial charge in [0.1, 0.15) is 6.10 Å². The summed E-state index contributed by atoms with van der Waals surface area (Å²) in [5, 5.41) is 0. The molecule has 0 bridgehead atoms. The summed E-state index contributed by atoms with van der Waals surface area (Å²) in [6.07, 6.45) is 0.227. The zero-order valence-corrected chi connectivity index (χ0v) is 10.5. The van der Waals surface area contributed by atoms with Crippen LogP contribution < -0.4 is 0 Å². The van der Waals surface area contributed by atoms with Gasteiger partial charge in [0.05, 0.1) is 13.2 Å². The van der Waals surface area contributed by atoms with E-state index in [4.69, 9.17) is 14.5 Å². The minimum Gasteiger partial charge on any atom is -0.366 e. The van der Waals surface area contributed by atoms with Crippen LogP contribution in [0.1, 0.15) is 25.0 Å². The lowest BCUT2D eigenvalue weighted by Crippen LogP contribution is -2.33. The number of Topliss-reactive ketones (excluding diaryl/α,β-unsaturated/α-hetero) is 1. The first kappa shape index (κ1) is 13.2. The predicted molar refractivity (Wildman–Crippen MR) is 65.8 cm³/mol. The molecule has 0 aromatic heterocycles. The maximum absolute atomic E-state index is 12.3. The third-order valence-corrected chi connectivity index (χ3v) is 2.98. The predicted octanol–water partition coefficient (Wildman–Crippen LogP) is 2.30. The second-order valence-electron chi connectivity index (χ2n) is 4.24. The third kappa shape index (κ3) is 3.16. The Hall–Kier alpha value is -1.23. The molecule has 1 heterocycles. The van der Waals surface area contributed by atoms with Crippen LogP contribution in [-0.2, 0) is 19.3 Å². The van der Waals surface area contributed by atoms with Crippen molar-refractivity contribution in [1.82, 2.24) is 0 Å². The van der Waals surface area contributed by atoms with E-state index in [2.05, 4.69) is 0 Å². The average molecular weight is 250 g/mol. The normalized spacial score (nSPS) is 24.2. The Labute approximate surface area is 107 Å². The van der Waals surface area contributed by atoms with E-state index in [0.29, 0.717) is 26.2 Å². The first-order valence-electron chi connectivity index (χ1n) is 6.27. The van der Waals surface area contributed by atoms with Crippen LogP contribution in [0.25, 0.3) is 0 Å². The Bertz CT molecular complexity index is 377. The fourth-order valence-corrected chi connectivity index (χ4v) is 2.03. The highest BCUT2D eigenvalue weighted by Crippen LogP contribution is 2.28. The molecule has 1 saturated heterocycles. The van der Waals surface area contributed by atoms with E-state index in [1.165, 1.54) is 0 Å². The van der Waals surface area contributed by atoms with Crippen LogP contribution in [0.5, 0.6) is 0 Å². The molecule has 98 valence electrons. The molecule has 1 aliphatic heterocycles. The fraction of sp³-hybridized carbons (Fsp3) is 0.500. The summed E-state index contributed by atoms with van der Waals surface area (Å²) < 4.78 is 5.57. The molecule has 1 fully saturated rings. The number of carbonyl (C=O) groups excluding carboxylic acids is 1. The minimum atomic E-state index is -0.463. The summed E-state index contributed by atoms with van der Waals surface area (Å²) in [6, 6.07) is 9.56. The van der Waals surface area contributed by atoms with Gasteiger partial charge in [0.2, 0.25) is 0 Å². The van der Waals surface area contributed by atoms with Crippen molar-refractivity contribution in [2.24, 2.45) is 5.92 Å². The molecular weight excluding hydrogens is 232 g/mol. The second kappa shape index (κ2) is 6.64.